The monoisotopic (exact) mass is 597 g/mol. The second-order valence-corrected chi connectivity index (χ2v) is 12.3. The zero-order chi connectivity index (χ0) is 30.2. The summed E-state index contributed by atoms with van der Waals surface area (Å²) in [6.07, 6.45) is 1.17. The Morgan fingerprint density at radius 1 is 1.07 bits per heavy atom. The van der Waals surface area contributed by atoms with Gasteiger partial charge in [0.15, 0.2) is 0 Å². The first kappa shape index (κ1) is 32.2. The van der Waals surface area contributed by atoms with E-state index in [0.29, 0.717) is 5.75 Å². The number of ether oxygens (including phenoxy) is 1. The molecule has 0 spiro atoms. The molecule has 3 rings (SSSR count). The molecule has 0 heterocycles. The van der Waals surface area contributed by atoms with Gasteiger partial charge in [0.2, 0.25) is 21.8 Å². The molecule has 1 fully saturated rings. The van der Waals surface area contributed by atoms with Crippen molar-refractivity contribution in [2.45, 2.75) is 76.7 Å². The smallest absolute Gasteiger partial charge is 0.416 e. The molecule has 0 bridgehead atoms. The molecule has 0 radical (unpaired) electrons. The molecule has 41 heavy (non-hydrogen) atoms. The van der Waals surface area contributed by atoms with Crippen molar-refractivity contribution in [3.8, 4) is 5.75 Å². The third-order valence-corrected chi connectivity index (χ3v) is 8.41. The van der Waals surface area contributed by atoms with Crippen LogP contribution in [-0.4, -0.2) is 57.1 Å². The van der Waals surface area contributed by atoms with Crippen LogP contribution in [0.1, 0.15) is 63.0 Å². The lowest BCUT2D eigenvalue weighted by Crippen LogP contribution is -2.50. The van der Waals surface area contributed by atoms with E-state index in [1.807, 2.05) is 6.07 Å². The number of amides is 2. The molecule has 1 saturated carbocycles. The maximum Gasteiger partial charge on any atom is 0.416 e. The van der Waals surface area contributed by atoms with Crippen LogP contribution in [0.2, 0.25) is 0 Å². The summed E-state index contributed by atoms with van der Waals surface area (Å²) in [5.74, 6) is -0.0504. The minimum Gasteiger partial charge on any atom is -0.497 e. The fourth-order valence-corrected chi connectivity index (χ4v) is 5.92. The Balaban J connectivity index is 1.76. The van der Waals surface area contributed by atoms with Gasteiger partial charge in [-0.05, 0) is 62.1 Å². The van der Waals surface area contributed by atoms with Crippen molar-refractivity contribution < 1.29 is 35.9 Å². The van der Waals surface area contributed by atoms with Crippen molar-refractivity contribution in [2.75, 3.05) is 24.2 Å². The summed E-state index contributed by atoms with van der Waals surface area (Å²) in [6, 6.07) is 10.5. The molecule has 2 amide bonds. The molecular weight excluding hydrogens is 559 g/mol. The molecule has 1 aliphatic rings. The molecule has 0 saturated heterocycles. The minimum absolute atomic E-state index is 0.0354. The van der Waals surface area contributed by atoms with Crippen LogP contribution >= 0.6 is 0 Å². The van der Waals surface area contributed by atoms with E-state index in [0.717, 1.165) is 66.4 Å². The highest BCUT2D eigenvalue weighted by molar-refractivity contribution is 7.92. The van der Waals surface area contributed by atoms with Crippen LogP contribution in [0.3, 0.4) is 0 Å². The first-order chi connectivity index (χ1) is 19.3. The Hall–Kier alpha value is -3.28. The van der Waals surface area contributed by atoms with Crippen LogP contribution in [0.25, 0.3) is 0 Å². The van der Waals surface area contributed by atoms with Crippen molar-refractivity contribution in [2.24, 2.45) is 0 Å². The molecular formula is C29H38F3N3O5S. The summed E-state index contributed by atoms with van der Waals surface area (Å²) in [5, 5.41) is 3.06. The van der Waals surface area contributed by atoms with Crippen LogP contribution in [0, 0.1) is 0 Å². The van der Waals surface area contributed by atoms with Crippen molar-refractivity contribution >= 4 is 27.5 Å². The number of halogens is 3. The number of carbonyl (C=O) groups excluding carboxylic acids is 2. The number of nitrogens with zero attached hydrogens (tertiary/aromatic N) is 2. The predicted octanol–water partition coefficient (Wildman–Crippen LogP) is 5.13. The second-order valence-electron chi connectivity index (χ2n) is 10.4. The van der Waals surface area contributed by atoms with Gasteiger partial charge >= 0.3 is 6.18 Å². The third kappa shape index (κ3) is 9.37. The number of nitrogens with one attached hydrogen (secondary N) is 1. The number of hydrogen-bond donors (Lipinski definition) is 1. The van der Waals surface area contributed by atoms with E-state index in [1.54, 1.807) is 25.1 Å². The predicted molar refractivity (Wildman–Crippen MR) is 151 cm³/mol. The zero-order valence-electron chi connectivity index (χ0n) is 23.6. The van der Waals surface area contributed by atoms with Crippen molar-refractivity contribution in [3.05, 3.63) is 59.7 Å². The maximum absolute atomic E-state index is 13.5. The normalized spacial score (nSPS) is 15.2. The number of hydrogen-bond acceptors (Lipinski definition) is 5. The van der Waals surface area contributed by atoms with Crippen LogP contribution < -0.4 is 14.4 Å². The largest absolute Gasteiger partial charge is 0.497 e. The van der Waals surface area contributed by atoms with Crippen LogP contribution in [0.4, 0.5) is 18.9 Å². The van der Waals surface area contributed by atoms with Crippen LogP contribution in [-0.2, 0) is 32.3 Å². The van der Waals surface area contributed by atoms with Gasteiger partial charge in [-0.15, -0.1) is 0 Å². The molecule has 1 atom stereocenters. The SMILES string of the molecule is COc1cccc(CN(C(=O)CCCN(c2cccc(C(F)(F)F)c2)S(C)(=O)=O)[C@H](C)C(=O)NC2CCCCC2)c1. The average molecular weight is 598 g/mol. The lowest BCUT2D eigenvalue weighted by Gasteiger charge is -2.31. The van der Waals surface area contributed by atoms with Gasteiger partial charge < -0.3 is 15.0 Å². The summed E-state index contributed by atoms with van der Waals surface area (Å²) in [5.41, 5.74) is -0.359. The van der Waals surface area contributed by atoms with E-state index in [9.17, 15) is 31.2 Å². The van der Waals surface area contributed by atoms with Gasteiger partial charge in [0.1, 0.15) is 11.8 Å². The van der Waals surface area contributed by atoms with Gasteiger partial charge in [0, 0.05) is 25.6 Å². The fourth-order valence-electron chi connectivity index (χ4n) is 4.96. The van der Waals surface area contributed by atoms with E-state index in [4.69, 9.17) is 4.74 Å². The van der Waals surface area contributed by atoms with Crippen molar-refractivity contribution in [1.82, 2.24) is 10.2 Å². The zero-order valence-corrected chi connectivity index (χ0v) is 24.4. The Labute approximate surface area is 239 Å². The standard InChI is InChI=1S/C29H38F3N3O5S/c1-21(28(37)33-24-12-5-4-6-13-24)34(20-22-10-7-15-26(18-22)40-2)27(36)16-9-17-35(41(3,38)39)25-14-8-11-23(19-25)29(30,31)32/h7-8,10-11,14-15,18-19,21,24H,4-6,9,12-13,16-17,20H2,1-3H3,(H,33,37)/t21-/m1/s1. The van der Waals surface area contributed by atoms with Gasteiger partial charge in [-0.3, -0.25) is 13.9 Å². The van der Waals surface area contributed by atoms with Gasteiger partial charge in [-0.1, -0.05) is 37.5 Å². The number of benzene rings is 2. The number of sulfonamides is 1. The fraction of sp³-hybridized carbons (Fsp3) is 0.517. The molecule has 0 unspecified atom stereocenters. The maximum atomic E-state index is 13.5. The number of carbonyl (C=O) groups is 2. The first-order valence-electron chi connectivity index (χ1n) is 13.7. The van der Waals surface area contributed by atoms with Crippen LogP contribution in [0.15, 0.2) is 48.5 Å². The Bertz CT molecular complexity index is 1300. The van der Waals surface area contributed by atoms with Gasteiger partial charge in [-0.2, -0.15) is 13.2 Å². The molecule has 12 heteroatoms. The van der Waals surface area contributed by atoms with E-state index < -0.39 is 27.8 Å². The molecule has 226 valence electrons. The molecule has 2 aromatic carbocycles. The Morgan fingerprint density at radius 2 is 1.76 bits per heavy atom. The number of methoxy groups -OCH3 is 1. The summed E-state index contributed by atoms with van der Waals surface area (Å²) in [4.78, 5) is 28.1. The topological polar surface area (TPSA) is 96.0 Å². The van der Waals surface area contributed by atoms with Gasteiger partial charge in [0.05, 0.1) is 24.6 Å². The number of alkyl halides is 3. The number of rotatable bonds is 12. The lowest BCUT2D eigenvalue weighted by atomic mass is 9.95. The molecule has 0 aliphatic heterocycles. The summed E-state index contributed by atoms with van der Waals surface area (Å²) < 4.78 is 70.8. The molecule has 1 N–H and O–H groups in total. The quantitative estimate of drug-likeness (QED) is 0.366. The average Bonchev–Trinajstić information content (AvgIpc) is 2.93. The summed E-state index contributed by atoms with van der Waals surface area (Å²) in [7, 11) is -2.41. The van der Waals surface area contributed by atoms with E-state index in [2.05, 4.69) is 5.32 Å². The molecule has 8 nitrogen and oxygen atoms in total. The van der Waals surface area contributed by atoms with Crippen molar-refractivity contribution in [3.63, 3.8) is 0 Å². The third-order valence-electron chi connectivity index (χ3n) is 7.22. The minimum atomic E-state index is -4.63. The summed E-state index contributed by atoms with van der Waals surface area (Å²) in [6.45, 7) is 1.57. The van der Waals surface area contributed by atoms with E-state index in [-0.39, 0.29) is 49.5 Å². The molecule has 1 aliphatic carbocycles. The highest BCUT2D eigenvalue weighted by Crippen LogP contribution is 2.32. The second kappa shape index (κ2) is 14.1. The van der Waals surface area contributed by atoms with Crippen LogP contribution in [0.5, 0.6) is 5.75 Å². The lowest BCUT2D eigenvalue weighted by molar-refractivity contribution is -0.141. The Kier molecular flexibility index (Phi) is 11.1. The molecule has 2 aromatic rings. The molecule has 0 aromatic heterocycles. The summed E-state index contributed by atoms with van der Waals surface area (Å²) >= 11 is 0. The highest BCUT2D eigenvalue weighted by Gasteiger charge is 2.32. The van der Waals surface area contributed by atoms with Gasteiger partial charge in [-0.25, -0.2) is 8.42 Å². The van der Waals surface area contributed by atoms with Gasteiger partial charge in [0.25, 0.3) is 0 Å². The van der Waals surface area contributed by atoms with Crippen molar-refractivity contribution in [1.29, 1.82) is 0 Å². The van der Waals surface area contributed by atoms with E-state index in [1.165, 1.54) is 18.1 Å². The Morgan fingerprint density at radius 3 is 2.39 bits per heavy atom. The highest BCUT2D eigenvalue weighted by atomic mass is 32.2. The van der Waals surface area contributed by atoms with E-state index >= 15 is 0 Å². The first-order valence-corrected chi connectivity index (χ1v) is 15.5. The number of anilines is 1.